The van der Waals surface area contributed by atoms with Gasteiger partial charge >= 0.3 is 5.97 Å². The van der Waals surface area contributed by atoms with Gasteiger partial charge in [0.05, 0.1) is 6.42 Å². The van der Waals surface area contributed by atoms with Crippen LogP contribution in [0.15, 0.2) is 12.1 Å². The van der Waals surface area contributed by atoms with Crippen LogP contribution < -0.4 is 0 Å². The van der Waals surface area contributed by atoms with Crippen molar-refractivity contribution in [3.05, 3.63) is 23.5 Å². The third-order valence-corrected chi connectivity index (χ3v) is 3.06. The number of hydrogen-bond donors (Lipinski definition) is 1. The van der Waals surface area contributed by atoms with Crippen molar-refractivity contribution >= 4 is 11.9 Å². The highest BCUT2D eigenvalue weighted by molar-refractivity contribution is 5.93. The maximum absolute atomic E-state index is 12.4. The number of amides is 1. The highest BCUT2D eigenvalue weighted by atomic mass is 16.4. The van der Waals surface area contributed by atoms with Crippen LogP contribution in [0.25, 0.3) is 0 Å². The molecule has 0 aliphatic rings. The van der Waals surface area contributed by atoms with E-state index >= 15 is 0 Å². The summed E-state index contributed by atoms with van der Waals surface area (Å²) in [5.41, 5.74) is 1.61. The van der Waals surface area contributed by atoms with Crippen LogP contribution in [0.3, 0.4) is 0 Å². The number of nitrogens with zero attached hydrogens (tertiary/aromatic N) is 2. The molecule has 0 fully saturated rings. The summed E-state index contributed by atoms with van der Waals surface area (Å²) < 4.78 is 1.83. The Kier molecular flexibility index (Phi) is 5.15. The molecule has 106 valence electrons. The first kappa shape index (κ1) is 15.3. The molecule has 0 bridgehead atoms. The molecule has 0 unspecified atom stereocenters. The van der Waals surface area contributed by atoms with E-state index < -0.39 is 5.97 Å². The quantitative estimate of drug-likeness (QED) is 0.855. The van der Waals surface area contributed by atoms with E-state index in [-0.39, 0.29) is 18.9 Å². The number of carboxylic acids is 1. The number of rotatable bonds is 6. The lowest BCUT2D eigenvalue weighted by molar-refractivity contribution is -0.137. The number of hydrogen-bond acceptors (Lipinski definition) is 2. The predicted octanol–water partition coefficient (Wildman–Crippen LogP) is 1.91. The Hall–Kier alpha value is -1.78. The van der Waals surface area contributed by atoms with Crippen LogP contribution >= 0.6 is 0 Å². The van der Waals surface area contributed by atoms with Crippen molar-refractivity contribution in [2.45, 2.75) is 27.2 Å². The van der Waals surface area contributed by atoms with Crippen LogP contribution in [0, 0.1) is 12.8 Å². The fourth-order valence-electron chi connectivity index (χ4n) is 1.94. The van der Waals surface area contributed by atoms with E-state index in [2.05, 4.69) is 0 Å². The average Bonchev–Trinajstić information content (AvgIpc) is 2.64. The van der Waals surface area contributed by atoms with E-state index in [0.29, 0.717) is 18.2 Å². The zero-order chi connectivity index (χ0) is 14.6. The van der Waals surface area contributed by atoms with Gasteiger partial charge in [-0.25, -0.2) is 0 Å². The van der Waals surface area contributed by atoms with Crippen LogP contribution in [0.4, 0.5) is 0 Å². The van der Waals surface area contributed by atoms with Crippen molar-refractivity contribution in [2.75, 3.05) is 13.1 Å². The van der Waals surface area contributed by atoms with Crippen LogP contribution in [-0.2, 0) is 11.8 Å². The number of carboxylic acid groups (broad SMARTS) is 1. The van der Waals surface area contributed by atoms with Gasteiger partial charge in [0.15, 0.2) is 0 Å². The van der Waals surface area contributed by atoms with Crippen molar-refractivity contribution in [3.63, 3.8) is 0 Å². The molecule has 1 heterocycles. The Balaban J connectivity index is 2.87. The summed E-state index contributed by atoms with van der Waals surface area (Å²) in [6, 6.07) is 3.67. The first-order valence-electron chi connectivity index (χ1n) is 6.46. The number of aliphatic carboxylic acids is 1. The fraction of sp³-hybridized carbons (Fsp3) is 0.571. The van der Waals surface area contributed by atoms with E-state index in [4.69, 9.17) is 5.11 Å². The molecule has 5 nitrogen and oxygen atoms in total. The van der Waals surface area contributed by atoms with Gasteiger partial charge in [-0.1, -0.05) is 13.8 Å². The van der Waals surface area contributed by atoms with Crippen LogP contribution in [0.2, 0.25) is 0 Å². The second-order valence-corrected chi connectivity index (χ2v) is 5.21. The SMILES string of the molecule is Cc1ccc(C(=O)N(CCC(=O)O)CC(C)C)n1C. The van der Waals surface area contributed by atoms with Crippen molar-refractivity contribution in [3.8, 4) is 0 Å². The molecular weight excluding hydrogens is 244 g/mol. The minimum Gasteiger partial charge on any atom is -0.481 e. The first-order chi connectivity index (χ1) is 8.82. The molecule has 0 radical (unpaired) electrons. The van der Waals surface area contributed by atoms with Gasteiger partial charge in [-0.15, -0.1) is 0 Å². The topological polar surface area (TPSA) is 62.5 Å². The molecular formula is C14H22N2O3. The van der Waals surface area contributed by atoms with Crippen LogP contribution in [0.5, 0.6) is 0 Å². The Labute approximate surface area is 113 Å². The van der Waals surface area contributed by atoms with Gasteiger partial charge in [0, 0.05) is 25.8 Å². The molecule has 0 saturated carbocycles. The Morgan fingerprint density at radius 2 is 2.00 bits per heavy atom. The maximum atomic E-state index is 12.4. The molecule has 0 aromatic carbocycles. The average molecular weight is 266 g/mol. The Morgan fingerprint density at radius 3 is 2.42 bits per heavy atom. The molecule has 1 N–H and O–H groups in total. The molecule has 0 spiro atoms. The largest absolute Gasteiger partial charge is 0.481 e. The van der Waals surface area contributed by atoms with Gasteiger partial charge in [0.1, 0.15) is 5.69 Å². The molecule has 1 aromatic heterocycles. The summed E-state index contributed by atoms with van der Waals surface area (Å²) in [5, 5.41) is 8.76. The lowest BCUT2D eigenvalue weighted by Gasteiger charge is -2.24. The van der Waals surface area contributed by atoms with E-state index in [1.807, 2.05) is 38.5 Å². The highest BCUT2D eigenvalue weighted by Gasteiger charge is 2.20. The van der Waals surface area contributed by atoms with Crippen molar-refractivity contribution < 1.29 is 14.7 Å². The molecule has 0 aliphatic carbocycles. The van der Waals surface area contributed by atoms with Crippen molar-refractivity contribution in [1.82, 2.24) is 9.47 Å². The zero-order valence-electron chi connectivity index (χ0n) is 12.0. The van der Waals surface area contributed by atoms with Crippen LogP contribution in [-0.4, -0.2) is 39.5 Å². The van der Waals surface area contributed by atoms with Crippen molar-refractivity contribution in [1.29, 1.82) is 0 Å². The highest BCUT2D eigenvalue weighted by Crippen LogP contribution is 2.11. The van der Waals surface area contributed by atoms with E-state index in [1.165, 1.54) is 0 Å². The molecule has 0 aliphatic heterocycles. The standard InChI is InChI=1S/C14H22N2O3/c1-10(2)9-16(8-7-13(17)18)14(19)12-6-5-11(3)15(12)4/h5-6,10H,7-9H2,1-4H3,(H,17,18). The number of aromatic nitrogens is 1. The van der Waals surface area contributed by atoms with Gasteiger partial charge in [-0.05, 0) is 25.0 Å². The van der Waals surface area contributed by atoms with Gasteiger partial charge in [0.25, 0.3) is 5.91 Å². The lowest BCUT2D eigenvalue weighted by Crippen LogP contribution is -2.36. The van der Waals surface area contributed by atoms with Gasteiger partial charge < -0.3 is 14.6 Å². The number of aryl methyl sites for hydroxylation is 1. The third kappa shape index (κ3) is 4.12. The summed E-state index contributed by atoms with van der Waals surface area (Å²) in [6.45, 7) is 6.77. The lowest BCUT2D eigenvalue weighted by atomic mass is 10.2. The molecule has 0 saturated heterocycles. The number of carbonyl (C=O) groups excluding carboxylic acids is 1. The molecule has 0 atom stereocenters. The maximum Gasteiger partial charge on any atom is 0.305 e. The van der Waals surface area contributed by atoms with E-state index in [0.717, 1.165) is 5.69 Å². The van der Waals surface area contributed by atoms with Gasteiger partial charge in [-0.2, -0.15) is 0 Å². The van der Waals surface area contributed by atoms with E-state index in [1.54, 1.807) is 11.0 Å². The monoisotopic (exact) mass is 266 g/mol. The molecule has 1 aromatic rings. The molecule has 5 heteroatoms. The second kappa shape index (κ2) is 6.41. The number of carbonyl (C=O) groups is 2. The predicted molar refractivity (Wildman–Crippen MR) is 73.1 cm³/mol. The summed E-state index contributed by atoms with van der Waals surface area (Å²) in [4.78, 5) is 24.7. The summed E-state index contributed by atoms with van der Waals surface area (Å²) in [7, 11) is 1.84. The van der Waals surface area contributed by atoms with Crippen molar-refractivity contribution in [2.24, 2.45) is 13.0 Å². The normalized spacial score (nSPS) is 10.8. The summed E-state index contributed by atoms with van der Waals surface area (Å²) in [6.07, 6.45) is -0.0259. The van der Waals surface area contributed by atoms with Gasteiger partial charge in [-0.3, -0.25) is 9.59 Å². The summed E-state index contributed by atoms with van der Waals surface area (Å²) >= 11 is 0. The second-order valence-electron chi connectivity index (χ2n) is 5.21. The Morgan fingerprint density at radius 1 is 1.37 bits per heavy atom. The molecule has 1 rings (SSSR count). The molecule has 19 heavy (non-hydrogen) atoms. The van der Waals surface area contributed by atoms with E-state index in [9.17, 15) is 9.59 Å². The molecule has 1 amide bonds. The smallest absolute Gasteiger partial charge is 0.305 e. The minimum atomic E-state index is -0.885. The van der Waals surface area contributed by atoms with Crippen LogP contribution in [0.1, 0.15) is 36.5 Å². The fourth-order valence-corrected chi connectivity index (χ4v) is 1.94. The Bertz CT molecular complexity index is 463. The summed E-state index contributed by atoms with van der Waals surface area (Å²) in [5.74, 6) is -0.686. The minimum absolute atomic E-state index is 0.0259. The first-order valence-corrected chi connectivity index (χ1v) is 6.46. The zero-order valence-corrected chi connectivity index (χ0v) is 12.0. The third-order valence-electron chi connectivity index (χ3n) is 3.06. The van der Waals surface area contributed by atoms with Gasteiger partial charge in [0.2, 0.25) is 0 Å².